The molecule has 4 atom stereocenters. The molecule has 2 fully saturated rings. The van der Waals surface area contributed by atoms with Gasteiger partial charge in [-0.3, -0.25) is 0 Å². The molecule has 0 aliphatic heterocycles. The Morgan fingerprint density at radius 1 is 1.19 bits per heavy atom. The van der Waals surface area contributed by atoms with Crippen molar-refractivity contribution in [2.45, 2.75) is 59.0 Å². The van der Waals surface area contributed by atoms with Gasteiger partial charge in [0.2, 0.25) is 0 Å². The molecule has 2 bridgehead atoms. The molecule has 0 heterocycles. The fourth-order valence-electron chi connectivity index (χ4n) is 4.98. The maximum atomic E-state index is 14.0. The van der Waals surface area contributed by atoms with E-state index in [1.807, 2.05) is 6.92 Å². The average Bonchev–Trinajstić information content (AvgIpc) is 2.86. The van der Waals surface area contributed by atoms with Gasteiger partial charge in [0.25, 0.3) is 0 Å². The highest BCUT2D eigenvalue weighted by molar-refractivity contribution is 5.24. The van der Waals surface area contributed by atoms with Gasteiger partial charge in [0.1, 0.15) is 11.6 Å². The monoisotopic (exact) mass is 293 g/mol. The zero-order chi connectivity index (χ0) is 15.4. The second-order valence-electron chi connectivity index (χ2n) is 7.87. The van der Waals surface area contributed by atoms with Crippen molar-refractivity contribution in [3.63, 3.8) is 0 Å². The van der Waals surface area contributed by atoms with Gasteiger partial charge in [0.15, 0.2) is 0 Å². The van der Waals surface area contributed by atoms with Gasteiger partial charge in [0.05, 0.1) is 0 Å². The fourth-order valence-corrected chi connectivity index (χ4v) is 4.98. The van der Waals surface area contributed by atoms with Crippen LogP contribution in [0.3, 0.4) is 0 Å². The van der Waals surface area contributed by atoms with Crippen LogP contribution in [0.5, 0.6) is 0 Å². The molecule has 1 aromatic carbocycles. The third-order valence-electron chi connectivity index (χ3n) is 6.12. The van der Waals surface area contributed by atoms with Crippen molar-refractivity contribution >= 4 is 0 Å². The lowest BCUT2D eigenvalue weighted by molar-refractivity contribution is 0.0993. The van der Waals surface area contributed by atoms with Crippen LogP contribution in [0.15, 0.2) is 18.2 Å². The van der Waals surface area contributed by atoms with Crippen LogP contribution in [-0.2, 0) is 0 Å². The summed E-state index contributed by atoms with van der Waals surface area (Å²) in [7, 11) is 0. The minimum absolute atomic E-state index is 0.166. The smallest absolute Gasteiger partial charge is 0.130 e. The van der Waals surface area contributed by atoms with Gasteiger partial charge in [-0.25, -0.2) is 8.78 Å². The van der Waals surface area contributed by atoms with Gasteiger partial charge in [-0.15, -0.1) is 0 Å². The molecular formula is C18H25F2N. The molecule has 2 unspecified atom stereocenters. The van der Waals surface area contributed by atoms with Crippen LogP contribution in [0.2, 0.25) is 0 Å². The summed E-state index contributed by atoms with van der Waals surface area (Å²) in [4.78, 5) is 0. The van der Waals surface area contributed by atoms with E-state index in [2.05, 4.69) is 26.1 Å². The number of rotatable bonds is 3. The highest BCUT2D eigenvalue weighted by Crippen LogP contribution is 2.62. The number of halogens is 2. The molecular weight excluding hydrogens is 268 g/mol. The summed E-state index contributed by atoms with van der Waals surface area (Å²) in [5.74, 6) is -0.195. The highest BCUT2D eigenvalue weighted by atomic mass is 19.1. The Morgan fingerprint density at radius 3 is 2.33 bits per heavy atom. The van der Waals surface area contributed by atoms with Crippen molar-refractivity contribution in [2.24, 2.45) is 16.7 Å². The minimum Gasteiger partial charge on any atom is -0.306 e. The fraction of sp³-hybridized carbons (Fsp3) is 0.667. The van der Waals surface area contributed by atoms with Gasteiger partial charge in [-0.2, -0.15) is 0 Å². The first kappa shape index (κ1) is 15.0. The lowest BCUT2D eigenvalue weighted by Crippen LogP contribution is -2.51. The molecule has 0 radical (unpaired) electrons. The number of fused-ring (bicyclic) bond motifs is 2. The third kappa shape index (κ3) is 2.21. The van der Waals surface area contributed by atoms with E-state index in [1.165, 1.54) is 37.5 Å². The van der Waals surface area contributed by atoms with E-state index >= 15 is 0 Å². The zero-order valence-electron chi connectivity index (χ0n) is 13.3. The van der Waals surface area contributed by atoms with Crippen LogP contribution < -0.4 is 5.32 Å². The third-order valence-corrected chi connectivity index (χ3v) is 6.12. The van der Waals surface area contributed by atoms with Crippen molar-refractivity contribution in [3.05, 3.63) is 35.4 Å². The molecule has 3 rings (SSSR count). The molecule has 1 aromatic rings. The summed E-state index contributed by atoms with van der Waals surface area (Å²) in [6.45, 7) is 8.78. The molecule has 2 aliphatic rings. The van der Waals surface area contributed by atoms with Crippen LogP contribution in [0.1, 0.15) is 58.6 Å². The number of nitrogens with one attached hydrogen (secondary N) is 1. The van der Waals surface area contributed by atoms with Crippen LogP contribution in [0.4, 0.5) is 8.78 Å². The first-order valence-electron chi connectivity index (χ1n) is 7.95. The van der Waals surface area contributed by atoms with E-state index in [0.29, 0.717) is 6.04 Å². The van der Waals surface area contributed by atoms with Crippen LogP contribution in [0.25, 0.3) is 0 Å². The maximum absolute atomic E-state index is 14.0. The Hall–Kier alpha value is -0.960. The van der Waals surface area contributed by atoms with Crippen molar-refractivity contribution in [3.8, 4) is 0 Å². The molecule has 0 aromatic heterocycles. The van der Waals surface area contributed by atoms with E-state index in [-0.39, 0.29) is 22.4 Å². The quantitative estimate of drug-likeness (QED) is 0.841. The van der Waals surface area contributed by atoms with Crippen LogP contribution in [-0.4, -0.2) is 6.04 Å². The summed E-state index contributed by atoms with van der Waals surface area (Å²) in [6, 6.07) is 4.09. The topological polar surface area (TPSA) is 12.0 Å². The minimum atomic E-state index is -0.457. The molecule has 1 N–H and O–H groups in total. The van der Waals surface area contributed by atoms with Crippen molar-refractivity contribution in [1.82, 2.24) is 5.32 Å². The predicted molar refractivity (Wildman–Crippen MR) is 80.9 cm³/mol. The molecule has 0 spiro atoms. The second kappa shape index (κ2) is 4.77. The van der Waals surface area contributed by atoms with Gasteiger partial charge >= 0.3 is 0 Å². The maximum Gasteiger partial charge on any atom is 0.130 e. The van der Waals surface area contributed by atoms with Gasteiger partial charge in [-0.1, -0.05) is 26.8 Å². The summed E-state index contributed by atoms with van der Waals surface area (Å²) in [5.41, 5.74) is 0.604. The van der Waals surface area contributed by atoms with Gasteiger partial charge < -0.3 is 5.32 Å². The SMILES string of the molecule is CC(NC1C(C)(C)[C@H]2CC[C@]1(C)C2)c1c(F)cccc1F. The largest absolute Gasteiger partial charge is 0.306 e. The Bertz CT molecular complexity index is 529. The van der Waals surface area contributed by atoms with E-state index in [4.69, 9.17) is 0 Å². The Balaban J connectivity index is 1.87. The standard InChI is InChI=1S/C18H25F2N/c1-11(15-13(19)6-5-7-14(15)20)21-16-17(2,3)12-8-9-18(16,4)10-12/h5-7,11-12,16,21H,8-10H2,1-4H3/t11?,12-,16?,18+/m0/s1. The molecule has 2 aliphatic carbocycles. The summed E-state index contributed by atoms with van der Waals surface area (Å²) >= 11 is 0. The van der Waals surface area contributed by atoms with E-state index in [9.17, 15) is 8.78 Å². The number of hydrogen-bond donors (Lipinski definition) is 1. The highest BCUT2D eigenvalue weighted by Gasteiger charge is 2.59. The second-order valence-corrected chi connectivity index (χ2v) is 7.87. The van der Waals surface area contributed by atoms with Gasteiger partial charge in [0, 0.05) is 17.6 Å². The van der Waals surface area contributed by atoms with E-state index in [1.54, 1.807) is 0 Å². The van der Waals surface area contributed by atoms with E-state index in [0.717, 1.165) is 5.92 Å². The van der Waals surface area contributed by atoms with Crippen LogP contribution in [0, 0.1) is 28.4 Å². The Labute approximate surface area is 126 Å². The van der Waals surface area contributed by atoms with Crippen molar-refractivity contribution in [1.29, 1.82) is 0 Å². The molecule has 21 heavy (non-hydrogen) atoms. The lowest BCUT2D eigenvalue weighted by atomic mass is 9.68. The van der Waals surface area contributed by atoms with Crippen LogP contribution >= 0.6 is 0 Å². The first-order chi connectivity index (χ1) is 9.75. The Morgan fingerprint density at radius 2 is 1.81 bits per heavy atom. The zero-order valence-corrected chi connectivity index (χ0v) is 13.3. The predicted octanol–water partition coefficient (Wildman–Crippen LogP) is 4.83. The summed E-state index contributed by atoms with van der Waals surface area (Å²) in [5, 5.41) is 3.56. The van der Waals surface area contributed by atoms with E-state index < -0.39 is 11.6 Å². The molecule has 0 saturated heterocycles. The molecule has 3 heteroatoms. The molecule has 1 nitrogen and oxygen atoms in total. The summed E-state index contributed by atoms with van der Waals surface area (Å²) < 4.78 is 27.9. The lowest BCUT2D eigenvalue weighted by Gasteiger charge is -2.44. The first-order valence-corrected chi connectivity index (χ1v) is 7.95. The number of hydrogen-bond acceptors (Lipinski definition) is 1. The van der Waals surface area contributed by atoms with Crippen molar-refractivity contribution in [2.75, 3.05) is 0 Å². The summed E-state index contributed by atoms with van der Waals surface area (Å²) in [6.07, 6.45) is 3.72. The van der Waals surface area contributed by atoms with Crippen molar-refractivity contribution < 1.29 is 8.78 Å². The number of benzene rings is 1. The Kier molecular flexibility index (Phi) is 3.40. The molecule has 116 valence electrons. The molecule has 0 amide bonds. The van der Waals surface area contributed by atoms with Gasteiger partial charge in [-0.05, 0) is 55.1 Å². The molecule has 2 saturated carbocycles. The average molecular weight is 293 g/mol. The normalized spacial score (nSPS) is 35.1.